The van der Waals surface area contributed by atoms with Crippen LogP contribution in [-0.2, 0) is 11.3 Å². The molecule has 0 spiro atoms. The molecule has 1 nitrogen and oxygen atoms in total. The van der Waals surface area contributed by atoms with Gasteiger partial charge < -0.3 is 4.74 Å². The lowest BCUT2D eigenvalue weighted by Gasteiger charge is -2.02. The van der Waals surface area contributed by atoms with E-state index < -0.39 is 0 Å². The number of halogens is 1. The maximum atomic E-state index is 5.06. The van der Waals surface area contributed by atoms with Crippen molar-refractivity contribution in [3.05, 3.63) is 46.2 Å². The first-order chi connectivity index (χ1) is 5.34. The topological polar surface area (TPSA) is 9.23 Å². The zero-order valence-corrected chi connectivity index (χ0v) is 8.24. The van der Waals surface area contributed by atoms with Crippen LogP contribution in [0.2, 0.25) is 0 Å². The Labute approximate surface area is 80.2 Å². The Bertz CT molecular complexity index is 245. The average molecular weight is 260 g/mol. The fraction of sp³-hybridized carbons (Fsp3) is 0.111. The molecule has 0 unspecified atom stereocenters. The molecule has 0 saturated heterocycles. The summed E-state index contributed by atoms with van der Waals surface area (Å²) in [6.07, 6.45) is 1.46. The van der Waals surface area contributed by atoms with Gasteiger partial charge in [0.05, 0.1) is 6.26 Å². The summed E-state index contributed by atoms with van der Waals surface area (Å²) in [5.74, 6) is 0. The van der Waals surface area contributed by atoms with Crippen molar-refractivity contribution >= 4 is 22.6 Å². The molecular weight excluding hydrogens is 251 g/mol. The largest absolute Gasteiger partial charge is 0.497 e. The molecule has 0 saturated carbocycles. The number of rotatable bonds is 3. The van der Waals surface area contributed by atoms with Gasteiger partial charge in [0.2, 0.25) is 0 Å². The summed E-state index contributed by atoms with van der Waals surface area (Å²) < 4.78 is 6.29. The van der Waals surface area contributed by atoms with Crippen LogP contribution in [0.25, 0.3) is 0 Å². The standard InChI is InChI=1S/C9H9IO/c1-2-11-7-8-5-3-4-6-9(8)10/h2-6H,1,7H2. The van der Waals surface area contributed by atoms with Crippen molar-refractivity contribution in [2.24, 2.45) is 0 Å². The number of hydrogen-bond donors (Lipinski definition) is 0. The molecule has 0 bridgehead atoms. The van der Waals surface area contributed by atoms with Gasteiger partial charge in [0.15, 0.2) is 0 Å². The first-order valence-corrected chi connectivity index (χ1v) is 4.38. The van der Waals surface area contributed by atoms with Crippen LogP contribution in [0.15, 0.2) is 37.1 Å². The van der Waals surface area contributed by atoms with Crippen molar-refractivity contribution in [2.45, 2.75) is 6.61 Å². The minimum Gasteiger partial charge on any atom is -0.497 e. The average Bonchev–Trinajstić information content (AvgIpc) is 2.03. The maximum Gasteiger partial charge on any atom is 0.113 e. The molecule has 0 atom stereocenters. The molecule has 2 heteroatoms. The molecule has 0 radical (unpaired) electrons. The Kier molecular flexibility index (Phi) is 3.42. The molecule has 0 N–H and O–H groups in total. The molecule has 0 aliphatic carbocycles. The Morgan fingerprint density at radius 1 is 1.45 bits per heavy atom. The van der Waals surface area contributed by atoms with Crippen LogP contribution >= 0.6 is 22.6 Å². The second kappa shape index (κ2) is 4.38. The van der Waals surface area contributed by atoms with Crippen LogP contribution in [0.4, 0.5) is 0 Å². The van der Waals surface area contributed by atoms with Crippen molar-refractivity contribution in [1.82, 2.24) is 0 Å². The van der Waals surface area contributed by atoms with Crippen molar-refractivity contribution in [3.63, 3.8) is 0 Å². The van der Waals surface area contributed by atoms with E-state index in [2.05, 4.69) is 35.2 Å². The van der Waals surface area contributed by atoms with E-state index in [1.54, 1.807) is 0 Å². The summed E-state index contributed by atoms with van der Waals surface area (Å²) in [6, 6.07) is 8.12. The van der Waals surface area contributed by atoms with Crippen LogP contribution in [-0.4, -0.2) is 0 Å². The highest BCUT2D eigenvalue weighted by molar-refractivity contribution is 14.1. The van der Waals surface area contributed by atoms with E-state index in [1.165, 1.54) is 15.4 Å². The first-order valence-electron chi connectivity index (χ1n) is 3.30. The third-order valence-corrected chi connectivity index (χ3v) is 2.37. The van der Waals surface area contributed by atoms with E-state index in [0.717, 1.165) is 0 Å². The maximum absolute atomic E-state index is 5.06. The van der Waals surface area contributed by atoms with Gasteiger partial charge in [-0.1, -0.05) is 24.8 Å². The molecule has 1 aromatic rings. The van der Waals surface area contributed by atoms with Gasteiger partial charge in [-0.3, -0.25) is 0 Å². The highest BCUT2D eigenvalue weighted by Gasteiger charge is 1.95. The molecule has 58 valence electrons. The quantitative estimate of drug-likeness (QED) is 0.599. The Hall–Kier alpha value is -0.510. The van der Waals surface area contributed by atoms with E-state index in [1.807, 2.05) is 18.2 Å². The summed E-state index contributed by atoms with van der Waals surface area (Å²) in [6.45, 7) is 4.09. The monoisotopic (exact) mass is 260 g/mol. The van der Waals surface area contributed by atoms with Crippen LogP contribution in [0.1, 0.15) is 5.56 Å². The van der Waals surface area contributed by atoms with Gasteiger partial charge in [0, 0.05) is 9.13 Å². The lowest BCUT2D eigenvalue weighted by atomic mass is 10.2. The summed E-state index contributed by atoms with van der Waals surface area (Å²) >= 11 is 2.29. The zero-order chi connectivity index (χ0) is 8.10. The van der Waals surface area contributed by atoms with E-state index in [0.29, 0.717) is 6.61 Å². The fourth-order valence-electron chi connectivity index (χ4n) is 0.764. The lowest BCUT2D eigenvalue weighted by Crippen LogP contribution is -1.88. The van der Waals surface area contributed by atoms with Crippen molar-refractivity contribution < 1.29 is 4.74 Å². The molecule has 11 heavy (non-hydrogen) atoms. The first kappa shape index (κ1) is 8.59. The molecule has 0 heterocycles. The predicted octanol–water partition coefficient (Wildman–Crippen LogP) is 2.95. The molecule has 0 fully saturated rings. The third kappa shape index (κ3) is 2.54. The second-order valence-electron chi connectivity index (χ2n) is 2.07. The predicted molar refractivity (Wildman–Crippen MR) is 54.1 cm³/mol. The molecule has 1 aromatic carbocycles. The Balaban J connectivity index is 2.69. The third-order valence-electron chi connectivity index (χ3n) is 1.31. The zero-order valence-electron chi connectivity index (χ0n) is 6.09. The molecule has 0 amide bonds. The van der Waals surface area contributed by atoms with Crippen LogP contribution in [0, 0.1) is 3.57 Å². The molecule has 1 rings (SSSR count). The van der Waals surface area contributed by atoms with Crippen LogP contribution in [0.5, 0.6) is 0 Å². The normalized spacial score (nSPS) is 9.18. The lowest BCUT2D eigenvalue weighted by molar-refractivity contribution is 0.237. The van der Waals surface area contributed by atoms with Gasteiger partial charge in [-0.25, -0.2) is 0 Å². The van der Waals surface area contributed by atoms with Gasteiger partial charge in [-0.15, -0.1) is 0 Å². The van der Waals surface area contributed by atoms with Gasteiger partial charge in [0.25, 0.3) is 0 Å². The van der Waals surface area contributed by atoms with Crippen LogP contribution < -0.4 is 0 Å². The van der Waals surface area contributed by atoms with E-state index in [-0.39, 0.29) is 0 Å². The Morgan fingerprint density at radius 3 is 2.82 bits per heavy atom. The highest BCUT2D eigenvalue weighted by Crippen LogP contribution is 2.11. The minimum atomic E-state index is 0.614. The molecule has 0 aliphatic rings. The second-order valence-corrected chi connectivity index (χ2v) is 3.23. The highest BCUT2D eigenvalue weighted by atomic mass is 127. The molecule has 0 aliphatic heterocycles. The molecular formula is C9H9IO. The van der Waals surface area contributed by atoms with Crippen molar-refractivity contribution in [3.8, 4) is 0 Å². The van der Waals surface area contributed by atoms with E-state index >= 15 is 0 Å². The number of ether oxygens (including phenoxy) is 1. The van der Waals surface area contributed by atoms with Gasteiger partial charge >= 0.3 is 0 Å². The SMILES string of the molecule is C=COCc1ccccc1I. The van der Waals surface area contributed by atoms with E-state index in [4.69, 9.17) is 4.74 Å². The summed E-state index contributed by atoms with van der Waals surface area (Å²) in [7, 11) is 0. The van der Waals surface area contributed by atoms with Gasteiger partial charge in [0.1, 0.15) is 6.61 Å². The molecule has 0 aromatic heterocycles. The van der Waals surface area contributed by atoms with Crippen molar-refractivity contribution in [1.29, 1.82) is 0 Å². The number of benzene rings is 1. The van der Waals surface area contributed by atoms with Crippen molar-refractivity contribution in [2.75, 3.05) is 0 Å². The summed E-state index contributed by atoms with van der Waals surface area (Å²) in [5.41, 5.74) is 1.20. The smallest absolute Gasteiger partial charge is 0.113 e. The van der Waals surface area contributed by atoms with E-state index in [9.17, 15) is 0 Å². The number of hydrogen-bond acceptors (Lipinski definition) is 1. The fourth-order valence-corrected chi connectivity index (χ4v) is 1.31. The van der Waals surface area contributed by atoms with Gasteiger partial charge in [-0.05, 0) is 28.7 Å². The van der Waals surface area contributed by atoms with Crippen LogP contribution in [0.3, 0.4) is 0 Å². The minimum absolute atomic E-state index is 0.614. The summed E-state index contributed by atoms with van der Waals surface area (Å²) in [4.78, 5) is 0. The Morgan fingerprint density at radius 2 is 2.18 bits per heavy atom. The van der Waals surface area contributed by atoms with Gasteiger partial charge in [-0.2, -0.15) is 0 Å². The summed E-state index contributed by atoms with van der Waals surface area (Å²) in [5, 5.41) is 0.